The molecule has 0 bridgehead atoms. The summed E-state index contributed by atoms with van der Waals surface area (Å²) in [6, 6.07) is 18.2. The second-order valence-electron chi connectivity index (χ2n) is 10.9. The lowest BCUT2D eigenvalue weighted by molar-refractivity contribution is -0.385. The second-order valence-corrected chi connectivity index (χ2v) is 10.9. The third-order valence-electron chi connectivity index (χ3n) is 7.54. The van der Waals surface area contributed by atoms with E-state index in [0.29, 0.717) is 37.6 Å². The van der Waals surface area contributed by atoms with Gasteiger partial charge in [-0.1, -0.05) is 13.8 Å². The first-order valence-electron chi connectivity index (χ1n) is 14.5. The Labute approximate surface area is 251 Å². The average Bonchev–Trinajstić information content (AvgIpc) is 2.98. The molecular weight excluding hydrogens is 550 g/mol. The quantitative estimate of drug-likeness (QED) is 0.230. The number of hydrogen-bond donors (Lipinski definition) is 4. The van der Waals surface area contributed by atoms with Crippen molar-refractivity contribution in [3.63, 3.8) is 0 Å². The molecule has 230 valence electrons. The van der Waals surface area contributed by atoms with Crippen LogP contribution in [0.3, 0.4) is 0 Å². The Hall–Kier alpha value is -4.30. The van der Waals surface area contributed by atoms with Gasteiger partial charge in [0.1, 0.15) is 0 Å². The van der Waals surface area contributed by atoms with Crippen molar-refractivity contribution in [2.24, 2.45) is 22.9 Å². The zero-order valence-corrected chi connectivity index (χ0v) is 24.6. The summed E-state index contributed by atoms with van der Waals surface area (Å²) in [6.45, 7) is 6.52. The topological polar surface area (TPSA) is 200 Å². The van der Waals surface area contributed by atoms with Gasteiger partial charge in [-0.2, -0.15) is 0 Å². The highest BCUT2D eigenvalue weighted by Crippen LogP contribution is 2.40. The molecule has 2 heterocycles. The summed E-state index contributed by atoms with van der Waals surface area (Å²) in [4.78, 5) is 28.0. The van der Waals surface area contributed by atoms with Gasteiger partial charge < -0.3 is 37.6 Å². The van der Waals surface area contributed by atoms with Crippen LogP contribution >= 0.6 is 0 Å². The first kappa shape index (κ1) is 31.6. The summed E-state index contributed by atoms with van der Waals surface area (Å²) < 4.78 is 0. The summed E-state index contributed by atoms with van der Waals surface area (Å²) in [5.41, 5.74) is 29.1. The smallest absolute Gasteiger partial charge is 0.269 e. The molecule has 3 aromatic rings. The SMILES string of the molecule is CC.NC1CC(N)CN(c2cc(N3CC(N)CC(N)C3)cc(N(c3ccc([N+](=O)[O-])cc3)c3ccc([N+](=O)[O-])cc3)c2)C1. The Bertz CT molecular complexity index is 1280. The first-order chi connectivity index (χ1) is 20.6. The molecule has 8 N–H and O–H groups in total. The summed E-state index contributed by atoms with van der Waals surface area (Å²) in [5.74, 6) is 0. The van der Waals surface area contributed by atoms with Gasteiger partial charge in [0.25, 0.3) is 11.4 Å². The van der Waals surface area contributed by atoms with Gasteiger partial charge in [-0.05, 0) is 55.3 Å². The van der Waals surface area contributed by atoms with Gasteiger partial charge >= 0.3 is 0 Å². The summed E-state index contributed by atoms with van der Waals surface area (Å²) in [6.07, 6.45) is 1.47. The molecule has 0 aliphatic carbocycles. The first-order valence-corrected chi connectivity index (χ1v) is 14.5. The van der Waals surface area contributed by atoms with Gasteiger partial charge in [0.05, 0.1) is 15.5 Å². The fourth-order valence-electron chi connectivity index (χ4n) is 5.75. The lowest BCUT2D eigenvalue weighted by Gasteiger charge is -2.39. The van der Waals surface area contributed by atoms with Crippen LogP contribution in [0.15, 0.2) is 66.7 Å². The summed E-state index contributed by atoms with van der Waals surface area (Å²) in [7, 11) is 0. The van der Waals surface area contributed by atoms with Gasteiger partial charge in [0, 0.05) is 97.4 Å². The van der Waals surface area contributed by atoms with Crippen LogP contribution in [-0.4, -0.2) is 60.2 Å². The number of nitro groups is 2. The van der Waals surface area contributed by atoms with E-state index >= 15 is 0 Å². The van der Waals surface area contributed by atoms with Crippen LogP contribution in [0.25, 0.3) is 0 Å². The van der Waals surface area contributed by atoms with Crippen molar-refractivity contribution in [3.05, 3.63) is 87.0 Å². The maximum absolute atomic E-state index is 11.3. The molecule has 2 aliphatic heterocycles. The van der Waals surface area contributed by atoms with Crippen molar-refractivity contribution in [2.75, 3.05) is 40.9 Å². The minimum absolute atomic E-state index is 0.0422. The Morgan fingerprint density at radius 3 is 1.23 bits per heavy atom. The molecule has 13 nitrogen and oxygen atoms in total. The van der Waals surface area contributed by atoms with E-state index in [-0.39, 0.29) is 35.5 Å². The third kappa shape index (κ3) is 7.56. The molecular formula is C30H41N9O4. The third-order valence-corrected chi connectivity index (χ3v) is 7.54. The van der Waals surface area contributed by atoms with Gasteiger partial charge in [0.2, 0.25) is 0 Å². The van der Waals surface area contributed by atoms with E-state index in [4.69, 9.17) is 22.9 Å². The Morgan fingerprint density at radius 2 is 0.930 bits per heavy atom. The van der Waals surface area contributed by atoms with Gasteiger partial charge in [-0.3, -0.25) is 20.2 Å². The second kappa shape index (κ2) is 13.8. The van der Waals surface area contributed by atoms with Gasteiger partial charge in [-0.25, -0.2) is 0 Å². The van der Waals surface area contributed by atoms with Crippen LogP contribution < -0.4 is 37.6 Å². The largest absolute Gasteiger partial charge is 0.368 e. The highest BCUT2D eigenvalue weighted by atomic mass is 16.6. The molecule has 43 heavy (non-hydrogen) atoms. The van der Waals surface area contributed by atoms with E-state index < -0.39 is 9.85 Å². The van der Waals surface area contributed by atoms with Crippen LogP contribution in [-0.2, 0) is 0 Å². The van der Waals surface area contributed by atoms with Crippen molar-refractivity contribution < 1.29 is 9.85 Å². The van der Waals surface area contributed by atoms with E-state index in [1.54, 1.807) is 24.3 Å². The number of anilines is 5. The molecule has 5 rings (SSSR count). The van der Waals surface area contributed by atoms with Crippen molar-refractivity contribution in [1.29, 1.82) is 0 Å². The van der Waals surface area contributed by atoms with E-state index in [2.05, 4.69) is 15.9 Å². The molecule has 2 saturated heterocycles. The van der Waals surface area contributed by atoms with E-state index in [9.17, 15) is 20.2 Å². The van der Waals surface area contributed by atoms with E-state index in [1.807, 2.05) is 30.9 Å². The van der Waals surface area contributed by atoms with Crippen molar-refractivity contribution >= 4 is 39.8 Å². The monoisotopic (exact) mass is 591 g/mol. The molecule has 3 aromatic carbocycles. The maximum Gasteiger partial charge on any atom is 0.269 e. The fourth-order valence-corrected chi connectivity index (χ4v) is 5.75. The van der Waals surface area contributed by atoms with E-state index in [1.165, 1.54) is 24.3 Å². The standard InChI is InChI=1S/C28H35N9O4.C2H6/c29-18-9-19(30)15-33(14-18)26-11-27(34-16-20(31)10-21(32)17-34)13-28(12-26)35(22-1-5-24(6-2-22)36(38)39)23-3-7-25(8-4-23)37(40)41;1-2/h1-8,11-13,18-21H,9-10,14-17,29-32H2;1-2H3. The zero-order chi connectivity index (χ0) is 31.3. The minimum atomic E-state index is -0.454. The lowest BCUT2D eigenvalue weighted by atomic mass is 10.00. The number of benzene rings is 3. The number of hydrogen-bond acceptors (Lipinski definition) is 11. The average molecular weight is 592 g/mol. The molecule has 4 unspecified atom stereocenters. The van der Waals surface area contributed by atoms with Crippen molar-refractivity contribution in [1.82, 2.24) is 0 Å². The molecule has 13 heteroatoms. The highest BCUT2D eigenvalue weighted by Gasteiger charge is 2.28. The zero-order valence-electron chi connectivity index (χ0n) is 24.6. The van der Waals surface area contributed by atoms with Crippen molar-refractivity contribution in [2.45, 2.75) is 50.9 Å². The number of nitrogens with two attached hydrogens (primary N) is 4. The summed E-state index contributed by atoms with van der Waals surface area (Å²) >= 11 is 0. The Morgan fingerprint density at radius 1 is 0.605 bits per heavy atom. The Kier molecular flexibility index (Phi) is 10.1. The molecule has 0 radical (unpaired) electrons. The van der Waals surface area contributed by atoms with Crippen LogP contribution in [0.1, 0.15) is 26.7 Å². The molecule has 2 fully saturated rings. The lowest BCUT2D eigenvalue weighted by Crippen LogP contribution is -2.53. The predicted molar refractivity (Wildman–Crippen MR) is 171 cm³/mol. The van der Waals surface area contributed by atoms with Crippen molar-refractivity contribution in [3.8, 4) is 0 Å². The van der Waals surface area contributed by atoms with E-state index in [0.717, 1.165) is 29.9 Å². The van der Waals surface area contributed by atoms with Crippen LogP contribution in [0.5, 0.6) is 0 Å². The summed E-state index contributed by atoms with van der Waals surface area (Å²) in [5, 5.41) is 22.7. The molecule has 2 aliphatic rings. The number of nitro benzene ring substituents is 2. The molecule has 0 saturated carbocycles. The molecule has 0 amide bonds. The van der Waals surface area contributed by atoms with Gasteiger partial charge in [-0.15, -0.1) is 0 Å². The number of non-ortho nitro benzene ring substituents is 2. The molecule has 0 spiro atoms. The van der Waals surface area contributed by atoms with Gasteiger partial charge in [0.15, 0.2) is 0 Å². The normalized spacial score (nSPS) is 21.9. The number of rotatable bonds is 7. The predicted octanol–water partition coefficient (Wildman–Crippen LogP) is 3.73. The highest BCUT2D eigenvalue weighted by molar-refractivity contribution is 5.82. The van der Waals surface area contributed by atoms with Crippen LogP contribution in [0.2, 0.25) is 0 Å². The minimum Gasteiger partial charge on any atom is -0.368 e. The van der Waals surface area contributed by atoms with Crippen LogP contribution in [0, 0.1) is 20.2 Å². The fraction of sp³-hybridized carbons (Fsp3) is 0.400. The number of nitrogens with zero attached hydrogens (tertiary/aromatic N) is 5. The molecule has 0 aromatic heterocycles. The Balaban J connectivity index is 0.00000207. The molecule has 4 atom stereocenters. The van der Waals surface area contributed by atoms with Crippen LogP contribution in [0.4, 0.5) is 39.8 Å². The number of piperidine rings is 2. The maximum atomic E-state index is 11.3.